The van der Waals surface area contributed by atoms with Crippen molar-refractivity contribution in [1.82, 2.24) is 9.62 Å². The van der Waals surface area contributed by atoms with Crippen LogP contribution in [0.3, 0.4) is 0 Å². The maximum Gasteiger partial charge on any atom is 0.240 e. The fourth-order valence-electron chi connectivity index (χ4n) is 5.67. The number of nitrogens with one attached hydrogen (secondary N) is 1. The first-order valence-corrected chi connectivity index (χ1v) is 13.3. The van der Waals surface area contributed by atoms with Crippen molar-refractivity contribution in [1.29, 1.82) is 0 Å². The number of aliphatic hydroxyl groups is 1. The number of hydrogen-bond donors (Lipinski definition) is 2. The maximum absolute atomic E-state index is 13.1. The molecule has 172 valence electrons. The van der Waals surface area contributed by atoms with E-state index in [1.165, 1.54) is 0 Å². The summed E-state index contributed by atoms with van der Waals surface area (Å²) in [5.74, 6) is 0.784. The zero-order chi connectivity index (χ0) is 22.1. The number of sulfonamides is 1. The number of carbonyl (C=O) groups is 1. The molecule has 0 aromatic heterocycles. The van der Waals surface area contributed by atoms with Gasteiger partial charge in [-0.2, -0.15) is 0 Å². The SMILES string of the molecule is Cc1ccc(S(=O)(=O)NCC2CCC(C(=O)N3CC[C@@]4(O)CCCC[C@@H]4C3)CC2)cc1. The van der Waals surface area contributed by atoms with Crippen molar-refractivity contribution in [3.8, 4) is 0 Å². The van der Waals surface area contributed by atoms with Gasteiger partial charge in [-0.1, -0.05) is 30.5 Å². The van der Waals surface area contributed by atoms with Gasteiger partial charge >= 0.3 is 0 Å². The van der Waals surface area contributed by atoms with Crippen LogP contribution in [0.2, 0.25) is 0 Å². The Morgan fingerprint density at radius 3 is 2.52 bits per heavy atom. The number of rotatable bonds is 5. The minimum atomic E-state index is -3.49. The number of piperidine rings is 1. The largest absolute Gasteiger partial charge is 0.389 e. The molecule has 1 aliphatic heterocycles. The van der Waals surface area contributed by atoms with Crippen LogP contribution in [0.1, 0.15) is 63.4 Å². The molecular weight excluding hydrogens is 412 g/mol. The number of benzene rings is 1. The van der Waals surface area contributed by atoms with Crippen molar-refractivity contribution in [3.63, 3.8) is 0 Å². The second kappa shape index (κ2) is 9.20. The molecular formula is C24H36N2O4S. The lowest BCUT2D eigenvalue weighted by molar-refractivity contribution is -0.148. The number of aryl methyl sites for hydroxylation is 1. The third kappa shape index (κ3) is 5.15. The lowest BCUT2D eigenvalue weighted by atomic mass is 9.71. The molecule has 0 radical (unpaired) electrons. The van der Waals surface area contributed by atoms with E-state index >= 15 is 0 Å². The topological polar surface area (TPSA) is 86.7 Å². The van der Waals surface area contributed by atoms with Gasteiger partial charge in [0, 0.05) is 31.5 Å². The number of hydrogen-bond acceptors (Lipinski definition) is 4. The molecule has 2 aliphatic carbocycles. The minimum absolute atomic E-state index is 0.0414. The third-order valence-electron chi connectivity index (χ3n) is 7.83. The van der Waals surface area contributed by atoms with Gasteiger partial charge in [0.25, 0.3) is 0 Å². The van der Waals surface area contributed by atoms with Gasteiger partial charge in [-0.05, 0) is 69.9 Å². The van der Waals surface area contributed by atoms with Crippen LogP contribution in [0, 0.1) is 24.7 Å². The highest BCUT2D eigenvalue weighted by atomic mass is 32.2. The summed E-state index contributed by atoms with van der Waals surface area (Å²) in [4.78, 5) is 15.4. The van der Waals surface area contributed by atoms with E-state index in [-0.39, 0.29) is 23.7 Å². The number of likely N-dealkylation sites (tertiary alicyclic amines) is 1. The van der Waals surface area contributed by atoms with Gasteiger partial charge in [0.2, 0.25) is 15.9 Å². The third-order valence-corrected chi connectivity index (χ3v) is 9.27. The quantitative estimate of drug-likeness (QED) is 0.724. The van der Waals surface area contributed by atoms with Gasteiger partial charge in [0.1, 0.15) is 0 Å². The summed E-state index contributed by atoms with van der Waals surface area (Å²) in [5, 5.41) is 10.9. The van der Waals surface area contributed by atoms with Gasteiger partial charge < -0.3 is 10.0 Å². The summed E-state index contributed by atoms with van der Waals surface area (Å²) >= 11 is 0. The van der Waals surface area contributed by atoms with E-state index in [1.54, 1.807) is 24.3 Å². The second-order valence-electron chi connectivity index (χ2n) is 9.96. The van der Waals surface area contributed by atoms with E-state index < -0.39 is 15.6 Å². The molecule has 1 saturated heterocycles. The summed E-state index contributed by atoms with van der Waals surface area (Å²) in [5.41, 5.74) is 0.477. The predicted molar refractivity (Wildman–Crippen MR) is 120 cm³/mol. The highest BCUT2D eigenvalue weighted by Gasteiger charge is 2.44. The van der Waals surface area contributed by atoms with Crippen LogP contribution in [0.5, 0.6) is 0 Å². The van der Waals surface area contributed by atoms with E-state index in [9.17, 15) is 18.3 Å². The molecule has 2 atom stereocenters. The summed E-state index contributed by atoms with van der Waals surface area (Å²) in [7, 11) is -3.49. The van der Waals surface area contributed by atoms with Crippen LogP contribution in [-0.2, 0) is 14.8 Å². The van der Waals surface area contributed by atoms with Gasteiger partial charge in [-0.3, -0.25) is 4.79 Å². The first kappa shape index (κ1) is 22.7. The van der Waals surface area contributed by atoms with Crippen LogP contribution < -0.4 is 4.72 Å². The van der Waals surface area contributed by atoms with Gasteiger partial charge in [-0.25, -0.2) is 13.1 Å². The summed E-state index contributed by atoms with van der Waals surface area (Å²) in [6, 6.07) is 6.89. The zero-order valence-corrected chi connectivity index (χ0v) is 19.4. The van der Waals surface area contributed by atoms with Gasteiger partial charge in [0.15, 0.2) is 0 Å². The van der Waals surface area contributed by atoms with E-state index in [2.05, 4.69) is 4.72 Å². The molecule has 3 aliphatic rings. The molecule has 4 rings (SSSR count). The van der Waals surface area contributed by atoms with Gasteiger partial charge in [-0.15, -0.1) is 0 Å². The Hall–Kier alpha value is -1.44. The fourth-order valence-corrected chi connectivity index (χ4v) is 6.79. The lowest BCUT2D eigenvalue weighted by Crippen LogP contribution is -2.55. The van der Waals surface area contributed by atoms with Crippen LogP contribution in [0.25, 0.3) is 0 Å². The average Bonchev–Trinajstić information content (AvgIpc) is 2.77. The minimum Gasteiger partial charge on any atom is -0.389 e. The molecule has 7 heteroatoms. The second-order valence-corrected chi connectivity index (χ2v) is 11.7. The summed E-state index contributed by atoms with van der Waals surface area (Å²) in [6.07, 6.45) is 8.23. The first-order valence-electron chi connectivity index (χ1n) is 11.8. The highest BCUT2D eigenvalue weighted by Crippen LogP contribution is 2.40. The lowest BCUT2D eigenvalue weighted by Gasteiger charge is -2.48. The highest BCUT2D eigenvalue weighted by molar-refractivity contribution is 7.89. The Labute approximate surface area is 186 Å². The smallest absolute Gasteiger partial charge is 0.240 e. The molecule has 1 aromatic carbocycles. The molecule has 1 heterocycles. The number of nitrogens with zero attached hydrogens (tertiary/aromatic N) is 1. The fraction of sp³-hybridized carbons (Fsp3) is 0.708. The number of fused-ring (bicyclic) bond motifs is 1. The molecule has 31 heavy (non-hydrogen) atoms. The van der Waals surface area contributed by atoms with Crippen molar-refractivity contribution in [3.05, 3.63) is 29.8 Å². The molecule has 0 unspecified atom stereocenters. The normalized spacial score (nSPS) is 31.8. The van der Waals surface area contributed by atoms with E-state index in [0.29, 0.717) is 31.0 Å². The van der Waals surface area contributed by atoms with Crippen molar-refractivity contribution >= 4 is 15.9 Å². The van der Waals surface area contributed by atoms with Crippen molar-refractivity contribution in [2.45, 2.75) is 75.2 Å². The van der Waals surface area contributed by atoms with Crippen molar-refractivity contribution < 1.29 is 18.3 Å². The molecule has 2 N–H and O–H groups in total. The number of carbonyl (C=O) groups excluding carboxylic acids is 1. The monoisotopic (exact) mass is 448 g/mol. The molecule has 0 spiro atoms. The summed E-state index contributed by atoms with van der Waals surface area (Å²) in [6.45, 7) is 3.73. The number of amides is 1. The first-order chi connectivity index (χ1) is 14.8. The Balaban J connectivity index is 1.25. The molecule has 1 amide bonds. The average molecular weight is 449 g/mol. The molecule has 3 fully saturated rings. The predicted octanol–water partition coefficient (Wildman–Crippen LogP) is 3.23. The summed E-state index contributed by atoms with van der Waals surface area (Å²) < 4.78 is 27.8. The molecule has 1 aromatic rings. The van der Waals surface area contributed by atoms with Crippen LogP contribution in [0.15, 0.2) is 29.2 Å². The van der Waals surface area contributed by atoms with Crippen molar-refractivity contribution in [2.24, 2.45) is 17.8 Å². The van der Waals surface area contributed by atoms with E-state index in [4.69, 9.17) is 0 Å². The molecule has 2 saturated carbocycles. The zero-order valence-electron chi connectivity index (χ0n) is 18.6. The van der Waals surface area contributed by atoms with Crippen LogP contribution >= 0.6 is 0 Å². The van der Waals surface area contributed by atoms with Crippen molar-refractivity contribution in [2.75, 3.05) is 19.6 Å². The van der Waals surface area contributed by atoms with Crippen LogP contribution in [0.4, 0.5) is 0 Å². The maximum atomic E-state index is 13.1. The van der Waals surface area contributed by atoms with Crippen LogP contribution in [-0.4, -0.2) is 49.6 Å². The Morgan fingerprint density at radius 1 is 1.10 bits per heavy atom. The van der Waals surface area contributed by atoms with E-state index in [1.807, 2.05) is 11.8 Å². The molecule has 0 bridgehead atoms. The Kier molecular flexibility index (Phi) is 6.75. The van der Waals surface area contributed by atoms with Gasteiger partial charge in [0.05, 0.1) is 10.5 Å². The Bertz CT molecular complexity index is 877. The molecule has 6 nitrogen and oxygen atoms in total. The standard InChI is InChI=1S/C24H36N2O4S/c1-18-5-11-22(12-6-18)31(29,30)25-16-19-7-9-20(10-8-19)23(27)26-15-14-24(28)13-3-2-4-21(24)17-26/h5-6,11-12,19-21,25,28H,2-4,7-10,13-17H2,1H3/t19?,20?,21-,24+/m1/s1. The van der Waals surface area contributed by atoms with E-state index in [0.717, 1.165) is 56.9 Å². The Morgan fingerprint density at radius 2 is 1.81 bits per heavy atom.